The lowest BCUT2D eigenvalue weighted by Crippen LogP contribution is -2.19. The van der Waals surface area contributed by atoms with Gasteiger partial charge < -0.3 is 15.3 Å². The predicted octanol–water partition coefficient (Wildman–Crippen LogP) is 2.73. The number of carbonyl (C=O) groups is 2. The molecule has 2 N–H and O–H groups in total. The molecule has 5 heteroatoms. The second kappa shape index (κ2) is 7.11. The molecule has 2 rings (SSSR count). The Labute approximate surface area is 125 Å². The van der Waals surface area contributed by atoms with Crippen molar-refractivity contribution in [3.63, 3.8) is 0 Å². The van der Waals surface area contributed by atoms with Gasteiger partial charge in [-0.05, 0) is 37.0 Å². The molecule has 0 spiro atoms. The van der Waals surface area contributed by atoms with Gasteiger partial charge in [-0.3, -0.25) is 9.59 Å². The van der Waals surface area contributed by atoms with Crippen LogP contribution in [0.1, 0.15) is 32.6 Å². The van der Waals surface area contributed by atoms with Crippen molar-refractivity contribution in [3.8, 4) is 0 Å². The van der Waals surface area contributed by atoms with Gasteiger partial charge >= 0.3 is 5.97 Å². The molecule has 0 aromatic heterocycles. The highest BCUT2D eigenvalue weighted by Gasteiger charge is 2.15. The van der Waals surface area contributed by atoms with Crippen LogP contribution < -0.4 is 10.2 Å². The lowest BCUT2D eigenvalue weighted by molar-refractivity contribution is -0.138. The summed E-state index contributed by atoms with van der Waals surface area (Å²) in [7, 11) is 0. The Bertz CT molecular complexity index is 510. The Morgan fingerprint density at radius 1 is 1.29 bits per heavy atom. The summed E-state index contributed by atoms with van der Waals surface area (Å²) in [6.45, 7) is 3.90. The minimum Gasteiger partial charge on any atom is -0.481 e. The monoisotopic (exact) mass is 290 g/mol. The normalized spacial score (nSPS) is 15.8. The van der Waals surface area contributed by atoms with Gasteiger partial charge in [-0.2, -0.15) is 0 Å². The minimum atomic E-state index is -0.869. The van der Waals surface area contributed by atoms with Crippen LogP contribution in [0.3, 0.4) is 0 Å². The Morgan fingerprint density at radius 2 is 2.00 bits per heavy atom. The minimum absolute atomic E-state index is 0.0151. The summed E-state index contributed by atoms with van der Waals surface area (Å²) < 4.78 is 0. The zero-order valence-corrected chi connectivity index (χ0v) is 12.3. The third kappa shape index (κ3) is 4.77. The number of benzene rings is 1. The number of hydrogen-bond acceptors (Lipinski definition) is 3. The number of amides is 1. The summed E-state index contributed by atoms with van der Waals surface area (Å²) in [5, 5.41) is 11.6. The number of carboxylic acids is 1. The van der Waals surface area contributed by atoms with Gasteiger partial charge in [0.05, 0.1) is 0 Å². The maximum Gasteiger partial charge on any atom is 0.303 e. The molecular weight excluding hydrogens is 268 g/mol. The number of carbonyl (C=O) groups excluding carboxylic acids is 1. The van der Waals surface area contributed by atoms with Crippen molar-refractivity contribution in [1.29, 1.82) is 0 Å². The van der Waals surface area contributed by atoms with E-state index in [0.717, 1.165) is 24.5 Å². The molecule has 1 aromatic carbocycles. The van der Waals surface area contributed by atoms with Gasteiger partial charge in [-0.1, -0.05) is 13.0 Å². The van der Waals surface area contributed by atoms with Gasteiger partial charge in [0.15, 0.2) is 0 Å². The second-order valence-electron chi connectivity index (χ2n) is 5.70. The van der Waals surface area contributed by atoms with Crippen molar-refractivity contribution < 1.29 is 14.7 Å². The first-order valence-electron chi connectivity index (χ1n) is 7.41. The largest absolute Gasteiger partial charge is 0.481 e. The zero-order valence-electron chi connectivity index (χ0n) is 12.3. The first-order valence-corrected chi connectivity index (χ1v) is 7.41. The molecule has 1 heterocycles. The van der Waals surface area contributed by atoms with Crippen LogP contribution in [0.15, 0.2) is 24.3 Å². The quantitative estimate of drug-likeness (QED) is 0.845. The fraction of sp³-hybridized carbons (Fsp3) is 0.500. The topological polar surface area (TPSA) is 69.6 Å². The molecule has 1 fully saturated rings. The van der Waals surface area contributed by atoms with Gasteiger partial charge in [-0.25, -0.2) is 0 Å². The smallest absolute Gasteiger partial charge is 0.303 e. The summed E-state index contributed by atoms with van der Waals surface area (Å²) in [6, 6.07) is 7.82. The number of nitrogens with zero attached hydrogens (tertiary/aromatic N) is 1. The molecule has 1 aliphatic rings. The molecule has 0 radical (unpaired) electrons. The average molecular weight is 290 g/mol. The van der Waals surface area contributed by atoms with E-state index in [2.05, 4.69) is 10.2 Å². The highest BCUT2D eigenvalue weighted by Crippen LogP contribution is 2.23. The highest BCUT2D eigenvalue weighted by molar-refractivity contribution is 5.91. The second-order valence-corrected chi connectivity index (χ2v) is 5.70. The van der Waals surface area contributed by atoms with E-state index in [0.29, 0.717) is 0 Å². The molecule has 114 valence electrons. The van der Waals surface area contributed by atoms with Crippen molar-refractivity contribution in [2.75, 3.05) is 23.3 Å². The van der Waals surface area contributed by atoms with Crippen LogP contribution >= 0.6 is 0 Å². The van der Waals surface area contributed by atoms with Crippen LogP contribution in [0, 0.1) is 5.92 Å². The van der Waals surface area contributed by atoms with E-state index < -0.39 is 5.97 Å². The Balaban J connectivity index is 1.91. The molecule has 21 heavy (non-hydrogen) atoms. The Morgan fingerprint density at radius 3 is 2.67 bits per heavy atom. The Kier molecular flexibility index (Phi) is 5.20. The van der Waals surface area contributed by atoms with Crippen LogP contribution in [0.2, 0.25) is 0 Å². The molecule has 0 bridgehead atoms. The number of rotatable bonds is 6. The van der Waals surface area contributed by atoms with Crippen molar-refractivity contribution >= 4 is 23.3 Å². The van der Waals surface area contributed by atoms with E-state index in [1.807, 2.05) is 24.3 Å². The van der Waals surface area contributed by atoms with Crippen molar-refractivity contribution in [1.82, 2.24) is 0 Å². The van der Waals surface area contributed by atoms with E-state index >= 15 is 0 Å². The fourth-order valence-corrected chi connectivity index (χ4v) is 2.65. The summed E-state index contributed by atoms with van der Waals surface area (Å²) in [5.74, 6) is -1.17. The summed E-state index contributed by atoms with van der Waals surface area (Å²) >= 11 is 0. The fourth-order valence-electron chi connectivity index (χ4n) is 2.65. The SMILES string of the molecule is CC(CC(=O)O)CC(=O)Nc1cccc(N2CCCC2)c1. The van der Waals surface area contributed by atoms with E-state index in [4.69, 9.17) is 5.11 Å². The average Bonchev–Trinajstić information content (AvgIpc) is 2.91. The lowest BCUT2D eigenvalue weighted by atomic mass is 10.0. The van der Waals surface area contributed by atoms with Crippen LogP contribution in [-0.2, 0) is 9.59 Å². The number of nitrogens with one attached hydrogen (secondary N) is 1. The Hall–Kier alpha value is -2.04. The number of aliphatic carboxylic acids is 1. The molecule has 1 aromatic rings. The van der Waals surface area contributed by atoms with E-state index in [9.17, 15) is 9.59 Å². The van der Waals surface area contributed by atoms with Gasteiger partial charge in [-0.15, -0.1) is 0 Å². The predicted molar refractivity (Wildman–Crippen MR) is 82.6 cm³/mol. The van der Waals surface area contributed by atoms with Gasteiger partial charge in [0.2, 0.25) is 5.91 Å². The van der Waals surface area contributed by atoms with E-state index in [-0.39, 0.29) is 24.7 Å². The van der Waals surface area contributed by atoms with Crippen molar-refractivity contribution in [2.24, 2.45) is 5.92 Å². The van der Waals surface area contributed by atoms with Crippen molar-refractivity contribution in [3.05, 3.63) is 24.3 Å². The number of carboxylic acid groups (broad SMARTS) is 1. The third-order valence-corrected chi connectivity index (χ3v) is 3.66. The molecular formula is C16H22N2O3. The van der Waals surface area contributed by atoms with Gasteiger partial charge in [0, 0.05) is 37.3 Å². The number of hydrogen-bond donors (Lipinski definition) is 2. The lowest BCUT2D eigenvalue weighted by Gasteiger charge is -2.18. The van der Waals surface area contributed by atoms with Gasteiger partial charge in [0.25, 0.3) is 0 Å². The molecule has 1 amide bonds. The first kappa shape index (κ1) is 15.4. The summed E-state index contributed by atoms with van der Waals surface area (Å²) in [6.07, 6.45) is 2.66. The molecule has 5 nitrogen and oxygen atoms in total. The first-order chi connectivity index (χ1) is 10.0. The van der Waals surface area contributed by atoms with Crippen LogP contribution in [0.5, 0.6) is 0 Å². The summed E-state index contributed by atoms with van der Waals surface area (Å²) in [4.78, 5) is 24.8. The van der Waals surface area contributed by atoms with E-state index in [1.54, 1.807) is 6.92 Å². The highest BCUT2D eigenvalue weighted by atomic mass is 16.4. The third-order valence-electron chi connectivity index (χ3n) is 3.66. The molecule has 1 unspecified atom stereocenters. The molecule has 1 saturated heterocycles. The van der Waals surface area contributed by atoms with E-state index in [1.165, 1.54) is 12.8 Å². The van der Waals surface area contributed by atoms with Crippen molar-refractivity contribution in [2.45, 2.75) is 32.6 Å². The molecule has 1 aliphatic heterocycles. The maximum absolute atomic E-state index is 11.9. The van der Waals surface area contributed by atoms with Gasteiger partial charge in [0.1, 0.15) is 0 Å². The van der Waals surface area contributed by atoms with Crippen LogP contribution in [-0.4, -0.2) is 30.1 Å². The molecule has 0 saturated carbocycles. The maximum atomic E-state index is 11.9. The summed E-state index contributed by atoms with van der Waals surface area (Å²) in [5.41, 5.74) is 1.90. The van der Waals surface area contributed by atoms with Crippen LogP contribution in [0.25, 0.3) is 0 Å². The number of anilines is 2. The van der Waals surface area contributed by atoms with Crippen LogP contribution in [0.4, 0.5) is 11.4 Å². The molecule has 1 atom stereocenters. The molecule has 0 aliphatic carbocycles. The zero-order chi connectivity index (χ0) is 15.2. The standard InChI is InChI=1S/C16H22N2O3/c1-12(10-16(20)21)9-15(19)17-13-5-4-6-14(11-13)18-7-2-3-8-18/h4-6,11-12H,2-3,7-10H2,1H3,(H,17,19)(H,20,21).